The van der Waals surface area contributed by atoms with Gasteiger partial charge in [0.2, 0.25) is 0 Å². The topological polar surface area (TPSA) is 29.5 Å². The molecule has 0 bridgehead atoms. The van der Waals surface area contributed by atoms with Gasteiger partial charge in [0.1, 0.15) is 5.75 Å². The minimum Gasteiger partial charge on any atom is -0.496 e. The molecule has 0 heterocycles. The van der Waals surface area contributed by atoms with Crippen molar-refractivity contribution in [2.24, 2.45) is 0 Å². The average Bonchev–Trinajstić information content (AvgIpc) is 2.49. The first-order valence-corrected chi connectivity index (χ1v) is 7.80. The van der Waals surface area contributed by atoms with Crippen molar-refractivity contribution in [1.29, 1.82) is 0 Å². The fourth-order valence-electron chi connectivity index (χ4n) is 2.99. The highest BCUT2D eigenvalue weighted by Crippen LogP contribution is 2.29. The number of ether oxygens (including phenoxy) is 1. The van der Waals surface area contributed by atoms with Crippen LogP contribution in [-0.4, -0.2) is 36.4 Å². The third-order valence-corrected chi connectivity index (χ3v) is 4.63. The number of hydrogen-bond acceptors (Lipinski definition) is 3. The molecule has 0 aliphatic heterocycles. The molecule has 118 valence electrons. The van der Waals surface area contributed by atoms with Crippen molar-refractivity contribution in [2.45, 2.75) is 53.5 Å². The lowest BCUT2D eigenvalue weighted by atomic mass is 9.84. The van der Waals surface area contributed by atoms with Gasteiger partial charge in [-0.15, -0.1) is 0 Å². The minimum absolute atomic E-state index is 0.206. The number of ketones is 1. The summed E-state index contributed by atoms with van der Waals surface area (Å²) >= 11 is 0. The normalized spacial score (nSPS) is 14.1. The summed E-state index contributed by atoms with van der Waals surface area (Å²) in [7, 11) is 1.66. The molecule has 0 aliphatic rings. The zero-order valence-electron chi connectivity index (χ0n) is 14.5. The highest BCUT2D eigenvalue weighted by atomic mass is 16.5. The fraction of sp³-hybridized carbons (Fsp3) is 0.611. The van der Waals surface area contributed by atoms with Crippen LogP contribution in [0.5, 0.6) is 5.75 Å². The Balaban J connectivity index is 3.32. The van der Waals surface area contributed by atoms with Gasteiger partial charge in [0.05, 0.1) is 12.6 Å². The van der Waals surface area contributed by atoms with Gasteiger partial charge in [-0.3, -0.25) is 9.69 Å². The lowest BCUT2D eigenvalue weighted by molar-refractivity contribution is 0.0607. The van der Waals surface area contributed by atoms with Crippen LogP contribution in [0.2, 0.25) is 0 Å². The molecule has 3 nitrogen and oxygen atoms in total. The molecule has 0 saturated carbocycles. The highest BCUT2D eigenvalue weighted by Gasteiger charge is 2.37. The van der Waals surface area contributed by atoms with Crippen LogP contribution in [-0.2, 0) is 0 Å². The monoisotopic (exact) mass is 291 g/mol. The van der Waals surface area contributed by atoms with Crippen LogP contribution in [0.4, 0.5) is 0 Å². The van der Waals surface area contributed by atoms with Crippen LogP contribution in [0.3, 0.4) is 0 Å². The van der Waals surface area contributed by atoms with E-state index in [1.165, 1.54) is 0 Å². The van der Waals surface area contributed by atoms with Crippen LogP contribution in [0.15, 0.2) is 12.1 Å². The number of rotatable bonds is 7. The second-order valence-corrected chi connectivity index (χ2v) is 5.77. The maximum absolute atomic E-state index is 13.1. The molecule has 1 rings (SSSR count). The quantitative estimate of drug-likeness (QED) is 0.711. The first-order chi connectivity index (χ1) is 9.85. The molecule has 3 heteroatoms. The van der Waals surface area contributed by atoms with Gasteiger partial charge in [0.15, 0.2) is 5.78 Å². The van der Waals surface area contributed by atoms with Crippen molar-refractivity contribution >= 4 is 5.78 Å². The van der Waals surface area contributed by atoms with Crippen LogP contribution >= 0.6 is 0 Å². The van der Waals surface area contributed by atoms with Crippen LogP contribution in [0.1, 0.15) is 55.6 Å². The van der Waals surface area contributed by atoms with E-state index in [4.69, 9.17) is 4.74 Å². The molecular weight excluding hydrogens is 262 g/mol. The molecule has 0 fully saturated rings. The van der Waals surface area contributed by atoms with Crippen LogP contribution in [0.25, 0.3) is 0 Å². The SMILES string of the molecule is CCN(CC)C(C)(CC)C(=O)c1cc(C)c(OC)cc1C. The smallest absolute Gasteiger partial charge is 0.183 e. The Morgan fingerprint density at radius 2 is 1.71 bits per heavy atom. The largest absolute Gasteiger partial charge is 0.496 e. The summed E-state index contributed by atoms with van der Waals surface area (Å²) in [4.78, 5) is 15.4. The van der Waals surface area contributed by atoms with Crippen molar-refractivity contribution in [3.8, 4) is 5.75 Å². The number of methoxy groups -OCH3 is 1. The predicted octanol–water partition coefficient (Wildman–Crippen LogP) is 4.01. The summed E-state index contributed by atoms with van der Waals surface area (Å²) in [5, 5.41) is 0. The molecule has 21 heavy (non-hydrogen) atoms. The van der Waals surface area contributed by atoms with Crippen LogP contribution < -0.4 is 4.74 Å². The van der Waals surface area contributed by atoms with Crippen molar-refractivity contribution in [2.75, 3.05) is 20.2 Å². The third-order valence-electron chi connectivity index (χ3n) is 4.63. The van der Waals surface area contributed by atoms with E-state index in [0.29, 0.717) is 0 Å². The molecule has 0 N–H and O–H groups in total. The second kappa shape index (κ2) is 7.08. The standard InChI is InChI=1S/C18H29NO2/c1-8-18(6,19(9-2)10-3)17(20)15-11-14(5)16(21-7)12-13(15)4/h11-12H,8-10H2,1-7H3. The molecule has 0 aliphatic carbocycles. The van der Waals surface area contributed by atoms with Crippen molar-refractivity contribution in [1.82, 2.24) is 4.90 Å². The Labute approximate surface area is 129 Å². The number of carbonyl (C=O) groups is 1. The lowest BCUT2D eigenvalue weighted by Crippen LogP contribution is -2.52. The Morgan fingerprint density at radius 1 is 1.14 bits per heavy atom. The molecule has 1 aromatic carbocycles. The summed E-state index contributed by atoms with van der Waals surface area (Å²) in [6.07, 6.45) is 0.804. The second-order valence-electron chi connectivity index (χ2n) is 5.77. The predicted molar refractivity (Wildman–Crippen MR) is 88.4 cm³/mol. The van der Waals surface area contributed by atoms with E-state index in [0.717, 1.165) is 42.0 Å². The molecule has 1 atom stereocenters. The highest BCUT2D eigenvalue weighted by molar-refractivity contribution is 6.04. The number of carbonyl (C=O) groups excluding carboxylic acids is 1. The number of aryl methyl sites for hydroxylation is 2. The maximum Gasteiger partial charge on any atom is 0.183 e. The first kappa shape index (κ1) is 17.7. The van der Waals surface area contributed by atoms with E-state index < -0.39 is 5.54 Å². The van der Waals surface area contributed by atoms with Crippen molar-refractivity contribution in [3.05, 3.63) is 28.8 Å². The minimum atomic E-state index is -0.449. The molecule has 0 aromatic heterocycles. The summed E-state index contributed by atoms with van der Waals surface area (Å²) in [6.45, 7) is 14.1. The van der Waals surface area contributed by atoms with Gasteiger partial charge >= 0.3 is 0 Å². The Kier molecular flexibility index (Phi) is 5.97. The summed E-state index contributed by atoms with van der Waals surface area (Å²) < 4.78 is 5.34. The Morgan fingerprint density at radius 3 is 2.14 bits per heavy atom. The molecule has 1 aromatic rings. The lowest BCUT2D eigenvalue weighted by Gasteiger charge is -2.38. The number of likely N-dealkylation sites (N-methyl/N-ethyl adjacent to an activating group) is 1. The van der Waals surface area contributed by atoms with Gasteiger partial charge in [-0.05, 0) is 63.5 Å². The Hall–Kier alpha value is -1.35. The van der Waals surface area contributed by atoms with Gasteiger partial charge in [-0.2, -0.15) is 0 Å². The third kappa shape index (κ3) is 3.29. The van der Waals surface area contributed by atoms with Crippen molar-refractivity contribution < 1.29 is 9.53 Å². The van der Waals surface area contributed by atoms with Crippen molar-refractivity contribution in [3.63, 3.8) is 0 Å². The van der Waals surface area contributed by atoms with E-state index in [2.05, 4.69) is 32.6 Å². The molecule has 0 spiro atoms. The molecule has 0 radical (unpaired) electrons. The average molecular weight is 291 g/mol. The zero-order chi connectivity index (χ0) is 16.2. The first-order valence-electron chi connectivity index (χ1n) is 7.80. The number of nitrogens with zero attached hydrogens (tertiary/aromatic N) is 1. The zero-order valence-corrected chi connectivity index (χ0v) is 14.5. The molecule has 1 unspecified atom stereocenters. The number of Topliss-reactive ketones (excluding diaryl/α,β-unsaturated/α-hetero) is 1. The van der Waals surface area contributed by atoms with E-state index in [-0.39, 0.29) is 5.78 Å². The fourth-order valence-corrected chi connectivity index (χ4v) is 2.99. The summed E-state index contributed by atoms with van der Waals surface area (Å²) in [5.74, 6) is 1.04. The summed E-state index contributed by atoms with van der Waals surface area (Å²) in [6, 6.07) is 3.93. The van der Waals surface area contributed by atoms with E-state index in [1.54, 1.807) is 7.11 Å². The van der Waals surface area contributed by atoms with Gasteiger partial charge in [-0.1, -0.05) is 20.8 Å². The molecular formula is C18H29NO2. The maximum atomic E-state index is 13.1. The van der Waals surface area contributed by atoms with E-state index in [1.807, 2.05) is 26.0 Å². The number of benzene rings is 1. The summed E-state index contributed by atoms with van der Waals surface area (Å²) in [5.41, 5.74) is 2.35. The van der Waals surface area contributed by atoms with Gasteiger partial charge in [0.25, 0.3) is 0 Å². The van der Waals surface area contributed by atoms with E-state index in [9.17, 15) is 4.79 Å². The number of hydrogen-bond donors (Lipinski definition) is 0. The van der Waals surface area contributed by atoms with Gasteiger partial charge < -0.3 is 4.74 Å². The molecule has 0 saturated heterocycles. The molecule has 0 amide bonds. The Bertz CT molecular complexity index is 506. The van der Waals surface area contributed by atoms with Gasteiger partial charge in [0, 0.05) is 5.56 Å². The van der Waals surface area contributed by atoms with Gasteiger partial charge in [-0.25, -0.2) is 0 Å². The van der Waals surface area contributed by atoms with Crippen LogP contribution in [0, 0.1) is 13.8 Å². The van der Waals surface area contributed by atoms with E-state index >= 15 is 0 Å².